The Labute approximate surface area is 121 Å². The second kappa shape index (κ2) is 8.34. The molecule has 4 heteroatoms. The largest absolute Gasteiger partial charge is 0.353 e. The van der Waals surface area contributed by atoms with Gasteiger partial charge in [-0.05, 0) is 25.6 Å². The molecule has 0 saturated heterocycles. The van der Waals surface area contributed by atoms with Gasteiger partial charge in [0, 0.05) is 6.54 Å². The SMILES string of the molecule is CCN(CC)C(CNC(=O)C(C)C#N)c1ccccc1. The summed E-state index contributed by atoms with van der Waals surface area (Å²) in [6.45, 7) is 8.19. The topological polar surface area (TPSA) is 56.1 Å². The quantitative estimate of drug-likeness (QED) is 0.829. The minimum atomic E-state index is -0.608. The zero-order chi connectivity index (χ0) is 15.0. The van der Waals surface area contributed by atoms with Crippen LogP contribution in [0.1, 0.15) is 32.4 Å². The fraction of sp³-hybridized carbons (Fsp3) is 0.500. The average molecular weight is 273 g/mol. The number of nitrogens with zero attached hydrogens (tertiary/aromatic N) is 2. The fourth-order valence-electron chi connectivity index (χ4n) is 2.21. The van der Waals surface area contributed by atoms with Crippen LogP contribution in [-0.2, 0) is 4.79 Å². The molecule has 0 saturated carbocycles. The van der Waals surface area contributed by atoms with E-state index in [1.54, 1.807) is 6.92 Å². The van der Waals surface area contributed by atoms with Gasteiger partial charge < -0.3 is 5.32 Å². The highest BCUT2D eigenvalue weighted by molar-refractivity contribution is 5.80. The van der Waals surface area contributed by atoms with Gasteiger partial charge in [0.1, 0.15) is 5.92 Å². The van der Waals surface area contributed by atoms with E-state index in [0.717, 1.165) is 13.1 Å². The molecule has 1 rings (SSSR count). The first-order chi connectivity index (χ1) is 9.63. The van der Waals surface area contributed by atoms with Crippen LogP contribution in [0, 0.1) is 17.2 Å². The van der Waals surface area contributed by atoms with Gasteiger partial charge >= 0.3 is 0 Å². The summed E-state index contributed by atoms with van der Waals surface area (Å²) in [6, 6.07) is 12.2. The van der Waals surface area contributed by atoms with Crippen LogP contribution in [0.3, 0.4) is 0 Å². The summed E-state index contributed by atoms with van der Waals surface area (Å²) in [5.74, 6) is -0.816. The van der Waals surface area contributed by atoms with Crippen molar-refractivity contribution in [2.75, 3.05) is 19.6 Å². The summed E-state index contributed by atoms with van der Waals surface area (Å²) in [5.41, 5.74) is 1.18. The van der Waals surface area contributed by atoms with Crippen molar-refractivity contribution in [3.05, 3.63) is 35.9 Å². The van der Waals surface area contributed by atoms with Gasteiger partial charge in [0.15, 0.2) is 0 Å². The van der Waals surface area contributed by atoms with Gasteiger partial charge in [-0.3, -0.25) is 9.69 Å². The molecule has 0 bridgehead atoms. The lowest BCUT2D eigenvalue weighted by Gasteiger charge is -2.30. The normalized spacial score (nSPS) is 13.6. The van der Waals surface area contributed by atoms with E-state index in [9.17, 15) is 4.79 Å². The first-order valence-electron chi connectivity index (χ1n) is 7.10. The fourth-order valence-corrected chi connectivity index (χ4v) is 2.21. The number of carbonyl (C=O) groups excluding carboxylic acids is 1. The Morgan fingerprint density at radius 1 is 1.30 bits per heavy atom. The van der Waals surface area contributed by atoms with Crippen molar-refractivity contribution in [1.82, 2.24) is 10.2 Å². The lowest BCUT2D eigenvalue weighted by Crippen LogP contribution is -2.39. The summed E-state index contributed by atoms with van der Waals surface area (Å²) in [7, 11) is 0. The number of amides is 1. The Balaban J connectivity index is 2.80. The molecule has 1 aromatic rings. The van der Waals surface area contributed by atoms with Gasteiger partial charge in [-0.25, -0.2) is 0 Å². The van der Waals surface area contributed by atoms with Crippen molar-refractivity contribution in [2.45, 2.75) is 26.8 Å². The molecule has 20 heavy (non-hydrogen) atoms. The molecule has 0 spiro atoms. The Hall–Kier alpha value is -1.86. The molecule has 1 N–H and O–H groups in total. The predicted octanol–water partition coefficient (Wildman–Crippen LogP) is 2.35. The molecular weight excluding hydrogens is 250 g/mol. The minimum Gasteiger partial charge on any atom is -0.353 e. The van der Waals surface area contributed by atoms with E-state index in [1.807, 2.05) is 24.3 Å². The standard InChI is InChI=1S/C16H23N3O/c1-4-19(5-2)15(14-9-7-6-8-10-14)12-18-16(20)13(3)11-17/h6-10,13,15H,4-5,12H2,1-3H3,(H,18,20). The van der Waals surface area contributed by atoms with Crippen molar-refractivity contribution in [3.63, 3.8) is 0 Å². The molecule has 2 atom stereocenters. The highest BCUT2D eigenvalue weighted by Crippen LogP contribution is 2.19. The average Bonchev–Trinajstić information content (AvgIpc) is 2.51. The van der Waals surface area contributed by atoms with E-state index in [0.29, 0.717) is 6.54 Å². The Kier molecular flexibility index (Phi) is 6.75. The van der Waals surface area contributed by atoms with Crippen molar-refractivity contribution in [1.29, 1.82) is 5.26 Å². The third-order valence-corrected chi connectivity index (χ3v) is 3.49. The van der Waals surface area contributed by atoms with Gasteiger partial charge in [-0.1, -0.05) is 44.2 Å². The summed E-state index contributed by atoms with van der Waals surface area (Å²) in [6.07, 6.45) is 0. The maximum Gasteiger partial charge on any atom is 0.237 e. The number of benzene rings is 1. The van der Waals surface area contributed by atoms with E-state index < -0.39 is 5.92 Å². The Morgan fingerprint density at radius 3 is 2.40 bits per heavy atom. The number of nitrogens with one attached hydrogen (secondary N) is 1. The lowest BCUT2D eigenvalue weighted by atomic mass is 10.0. The van der Waals surface area contributed by atoms with Crippen LogP contribution in [0.5, 0.6) is 0 Å². The summed E-state index contributed by atoms with van der Waals surface area (Å²) in [5, 5.41) is 11.6. The third kappa shape index (κ3) is 4.36. The van der Waals surface area contributed by atoms with Crippen LogP contribution in [0.2, 0.25) is 0 Å². The first kappa shape index (κ1) is 16.2. The second-order valence-electron chi connectivity index (χ2n) is 4.74. The van der Waals surface area contributed by atoms with E-state index >= 15 is 0 Å². The molecular formula is C16H23N3O. The van der Waals surface area contributed by atoms with Gasteiger partial charge in [-0.2, -0.15) is 5.26 Å². The summed E-state index contributed by atoms with van der Waals surface area (Å²) < 4.78 is 0. The van der Waals surface area contributed by atoms with Crippen LogP contribution >= 0.6 is 0 Å². The molecule has 108 valence electrons. The molecule has 0 heterocycles. The zero-order valence-electron chi connectivity index (χ0n) is 12.5. The van der Waals surface area contributed by atoms with Gasteiger partial charge in [-0.15, -0.1) is 0 Å². The third-order valence-electron chi connectivity index (χ3n) is 3.49. The highest BCUT2D eigenvalue weighted by atomic mass is 16.1. The summed E-state index contributed by atoms with van der Waals surface area (Å²) in [4.78, 5) is 14.1. The van der Waals surface area contributed by atoms with Gasteiger partial charge in [0.05, 0.1) is 12.1 Å². The maximum atomic E-state index is 11.8. The lowest BCUT2D eigenvalue weighted by molar-refractivity contribution is -0.123. The van der Waals surface area contributed by atoms with Crippen LogP contribution in [0.4, 0.5) is 0 Å². The number of carbonyl (C=O) groups is 1. The Morgan fingerprint density at radius 2 is 1.90 bits per heavy atom. The molecule has 0 fully saturated rings. The number of hydrogen-bond donors (Lipinski definition) is 1. The highest BCUT2D eigenvalue weighted by Gasteiger charge is 2.20. The van der Waals surface area contributed by atoms with Gasteiger partial charge in [0.2, 0.25) is 5.91 Å². The van der Waals surface area contributed by atoms with E-state index in [4.69, 9.17) is 5.26 Å². The molecule has 2 unspecified atom stereocenters. The van der Waals surface area contributed by atoms with Crippen LogP contribution < -0.4 is 5.32 Å². The minimum absolute atomic E-state index is 0.140. The van der Waals surface area contributed by atoms with E-state index in [1.165, 1.54) is 5.56 Å². The van der Waals surface area contributed by atoms with Crippen molar-refractivity contribution in [2.24, 2.45) is 5.92 Å². The number of likely N-dealkylation sites (N-methyl/N-ethyl adjacent to an activating group) is 1. The molecule has 0 aliphatic heterocycles. The van der Waals surface area contributed by atoms with E-state index in [2.05, 4.69) is 36.2 Å². The zero-order valence-corrected chi connectivity index (χ0v) is 12.5. The van der Waals surface area contributed by atoms with Crippen LogP contribution in [0.15, 0.2) is 30.3 Å². The Bertz CT molecular complexity index is 449. The van der Waals surface area contributed by atoms with Crippen molar-refractivity contribution in [3.8, 4) is 6.07 Å². The molecule has 0 aromatic heterocycles. The maximum absolute atomic E-state index is 11.8. The molecule has 0 radical (unpaired) electrons. The van der Waals surface area contributed by atoms with Crippen LogP contribution in [-0.4, -0.2) is 30.4 Å². The summed E-state index contributed by atoms with van der Waals surface area (Å²) >= 11 is 0. The number of nitriles is 1. The predicted molar refractivity (Wildman–Crippen MR) is 79.9 cm³/mol. The molecule has 0 aliphatic carbocycles. The van der Waals surface area contributed by atoms with Crippen molar-refractivity contribution < 1.29 is 4.79 Å². The first-order valence-corrected chi connectivity index (χ1v) is 7.10. The molecule has 1 amide bonds. The molecule has 0 aliphatic rings. The molecule has 1 aromatic carbocycles. The smallest absolute Gasteiger partial charge is 0.237 e. The van der Waals surface area contributed by atoms with E-state index in [-0.39, 0.29) is 11.9 Å². The van der Waals surface area contributed by atoms with Gasteiger partial charge in [0.25, 0.3) is 0 Å². The van der Waals surface area contributed by atoms with Crippen molar-refractivity contribution >= 4 is 5.91 Å². The monoisotopic (exact) mass is 273 g/mol. The number of hydrogen-bond acceptors (Lipinski definition) is 3. The van der Waals surface area contributed by atoms with Crippen LogP contribution in [0.25, 0.3) is 0 Å². The second-order valence-corrected chi connectivity index (χ2v) is 4.74. The number of rotatable bonds is 7. The molecule has 4 nitrogen and oxygen atoms in total.